The Morgan fingerprint density at radius 2 is 1.72 bits per heavy atom. The number of rotatable bonds is 3. The number of amides is 3. The first-order valence-electron chi connectivity index (χ1n) is 8.48. The normalized spacial score (nSPS) is 20.3. The quantitative estimate of drug-likeness (QED) is 0.442. The molecule has 6 nitrogen and oxygen atoms in total. The van der Waals surface area contributed by atoms with Crippen LogP contribution in [0, 0.1) is 23.4 Å². The Balaban J connectivity index is 2.43. The zero-order chi connectivity index (χ0) is 22.1. The van der Waals surface area contributed by atoms with E-state index in [0.717, 1.165) is 0 Å². The first-order valence-corrected chi connectivity index (χ1v) is 8.48. The van der Waals surface area contributed by atoms with Crippen LogP contribution >= 0.6 is 0 Å². The lowest BCUT2D eigenvalue weighted by molar-refractivity contribution is -0.160. The minimum Gasteiger partial charge on any atom is -0.336 e. The van der Waals surface area contributed by atoms with Crippen molar-refractivity contribution in [3.05, 3.63) is 29.6 Å². The Kier molecular flexibility index (Phi) is 6.56. The number of carbonyl (C=O) groups excluding carboxylic acids is 3. The molecule has 12 heteroatoms. The maximum absolute atomic E-state index is 13.6. The van der Waals surface area contributed by atoms with Gasteiger partial charge in [0.25, 0.3) is 0 Å². The van der Waals surface area contributed by atoms with Gasteiger partial charge in [0.1, 0.15) is 6.04 Å². The van der Waals surface area contributed by atoms with Crippen molar-refractivity contribution in [1.29, 1.82) is 0 Å². The predicted molar refractivity (Wildman–Crippen MR) is 88.0 cm³/mol. The molecule has 3 atom stereocenters. The van der Waals surface area contributed by atoms with Gasteiger partial charge in [-0.3, -0.25) is 14.4 Å². The van der Waals surface area contributed by atoms with E-state index >= 15 is 0 Å². The zero-order valence-electron chi connectivity index (χ0n) is 15.2. The number of carbonyl (C=O) groups is 3. The lowest BCUT2D eigenvalue weighted by atomic mass is 9.99. The van der Waals surface area contributed by atoms with Gasteiger partial charge in [0.15, 0.2) is 17.5 Å². The van der Waals surface area contributed by atoms with Crippen molar-refractivity contribution in [2.24, 2.45) is 5.92 Å². The molecule has 0 aliphatic carbocycles. The molecule has 3 amide bonds. The van der Waals surface area contributed by atoms with Crippen LogP contribution in [0.3, 0.4) is 0 Å². The molecule has 0 bridgehead atoms. The average molecular weight is 425 g/mol. The van der Waals surface area contributed by atoms with Crippen LogP contribution in [0.5, 0.6) is 0 Å². The topological polar surface area (TPSA) is 78.5 Å². The molecule has 29 heavy (non-hydrogen) atoms. The van der Waals surface area contributed by atoms with E-state index in [2.05, 4.69) is 5.32 Å². The highest BCUT2D eigenvalue weighted by atomic mass is 19.4. The third-order valence-electron chi connectivity index (χ3n) is 4.53. The number of hydrogen-bond acceptors (Lipinski definition) is 4. The third-order valence-corrected chi connectivity index (χ3v) is 4.53. The number of benzene rings is 1. The first-order chi connectivity index (χ1) is 13.3. The summed E-state index contributed by atoms with van der Waals surface area (Å²) in [7, 11) is 0. The SMILES string of the molecule is C[C@@H]1NCC[C@@H]1C(=O)N(C(=O)C(=O)N[C@H](C)C(F)(F)F)c1cc(F)c(F)c(F)c1. The summed E-state index contributed by atoms with van der Waals surface area (Å²) >= 11 is 0. The standard InChI is InChI=1S/C17H17F6N3O3/c1-7-10(3-4-24-7)15(28)26(9-5-11(18)13(20)12(19)6-9)16(29)14(27)25-8(2)17(21,22)23/h5-8,10,24H,3-4H2,1-2H3,(H,25,27)/t7-,8+,10-/m0/s1. The van der Waals surface area contributed by atoms with Gasteiger partial charge in [-0.15, -0.1) is 0 Å². The largest absolute Gasteiger partial charge is 0.408 e. The number of alkyl halides is 3. The Hall–Kier alpha value is -2.63. The molecule has 0 aromatic heterocycles. The second-order valence-corrected chi connectivity index (χ2v) is 6.58. The molecule has 0 radical (unpaired) electrons. The summed E-state index contributed by atoms with van der Waals surface area (Å²) in [5.41, 5.74) is -0.815. The Morgan fingerprint density at radius 1 is 1.17 bits per heavy atom. The summed E-state index contributed by atoms with van der Waals surface area (Å²) < 4.78 is 78.4. The number of halogens is 6. The molecule has 2 N–H and O–H groups in total. The molecular formula is C17H17F6N3O3. The molecule has 1 heterocycles. The number of imide groups is 1. The van der Waals surface area contributed by atoms with Crippen LogP contribution in [-0.2, 0) is 14.4 Å². The maximum Gasteiger partial charge on any atom is 0.408 e. The maximum atomic E-state index is 13.6. The summed E-state index contributed by atoms with van der Waals surface area (Å²) in [5.74, 6) is -10.9. The molecule has 1 aliphatic heterocycles. The molecular weight excluding hydrogens is 408 g/mol. The highest BCUT2D eigenvalue weighted by Crippen LogP contribution is 2.26. The second-order valence-electron chi connectivity index (χ2n) is 6.58. The van der Waals surface area contributed by atoms with Crippen LogP contribution < -0.4 is 15.5 Å². The van der Waals surface area contributed by atoms with E-state index in [4.69, 9.17) is 0 Å². The van der Waals surface area contributed by atoms with Crippen LogP contribution in [0.25, 0.3) is 0 Å². The molecule has 0 saturated carbocycles. The lowest BCUT2D eigenvalue weighted by Crippen LogP contribution is -2.53. The van der Waals surface area contributed by atoms with E-state index in [-0.39, 0.29) is 11.3 Å². The summed E-state index contributed by atoms with van der Waals surface area (Å²) in [4.78, 5) is 37.4. The van der Waals surface area contributed by atoms with Crippen LogP contribution in [-0.4, -0.2) is 42.5 Å². The summed E-state index contributed by atoms with van der Waals surface area (Å²) in [6.07, 6.45) is -4.67. The smallest absolute Gasteiger partial charge is 0.336 e. The zero-order valence-corrected chi connectivity index (χ0v) is 15.2. The number of nitrogens with one attached hydrogen (secondary N) is 2. The van der Waals surface area contributed by atoms with E-state index in [1.54, 1.807) is 6.92 Å². The summed E-state index contributed by atoms with van der Waals surface area (Å²) in [5, 5.41) is 4.28. The van der Waals surface area contributed by atoms with Gasteiger partial charge in [-0.25, -0.2) is 18.1 Å². The van der Waals surface area contributed by atoms with Crippen molar-refractivity contribution in [2.75, 3.05) is 11.4 Å². The molecule has 1 saturated heterocycles. The van der Waals surface area contributed by atoms with Gasteiger partial charge in [-0.2, -0.15) is 13.2 Å². The van der Waals surface area contributed by atoms with E-state index in [9.17, 15) is 40.7 Å². The number of hydrogen-bond donors (Lipinski definition) is 2. The minimum atomic E-state index is -4.87. The molecule has 0 unspecified atom stereocenters. The van der Waals surface area contributed by atoms with Gasteiger partial charge < -0.3 is 10.6 Å². The van der Waals surface area contributed by atoms with E-state index in [1.807, 2.05) is 0 Å². The fourth-order valence-electron chi connectivity index (χ4n) is 2.82. The molecule has 160 valence electrons. The Morgan fingerprint density at radius 3 is 2.17 bits per heavy atom. The van der Waals surface area contributed by atoms with Gasteiger partial charge in [0.2, 0.25) is 5.91 Å². The molecule has 2 rings (SSSR count). The average Bonchev–Trinajstić information content (AvgIpc) is 3.04. The fraction of sp³-hybridized carbons (Fsp3) is 0.471. The van der Waals surface area contributed by atoms with Crippen LogP contribution in [0.2, 0.25) is 0 Å². The van der Waals surface area contributed by atoms with Crippen LogP contribution in [0.4, 0.5) is 32.0 Å². The minimum absolute atomic E-state index is 0.0677. The molecule has 1 aromatic carbocycles. The molecule has 1 fully saturated rings. The van der Waals surface area contributed by atoms with E-state index in [1.165, 1.54) is 5.32 Å². The van der Waals surface area contributed by atoms with Crippen LogP contribution in [0.1, 0.15) is 20.3 Å². The van der Waals surface area contributed by atoms with Gasteiger partial charge >= 0.3 is 18.0 Å². The van der Waals surface area contributed by atoms with Crippen molar-refractivity contribution in [3.63, 3.8) is 0 Å². The lowest BCUT2D eigenvalue weighted by Gasteiger charge is -2.26. The monoisotopic (exact) mass is 425 g/mol. The van der Waals surface area contributed by atoms with Gasteiger partial charge in [0, 0.05) is 18.2 Å². The van der Waals surface area contributed by atoms with Crippen molar-refractivity contribution < 1.29 is 40.7 Å². The van der Waals surface area contributed by atoms with Crippen molar-refractivity contribution in [3.8, 4) is 0 Å². The molecule has 1 aromatic rings. The Bertz CT molecular complexity index is 806. The fourth-order valence-corrected chi connectivity index (χ4v) is 2.82. The third kappa shape index (κ3) is 4.86. The highest BCUT2D eigenvalue weighted by molar-refractivity contribution is 6.45. The summed E-state index contributed by atoms with van der Waals surface area (Å²) in [6.45, 7) is 2.51. The predicted octanol–water partition coefficient (Wildman–Crippen LogP) is 2.03. The first kappa shape index (κ1) is 22.7. The van der Waals surface area contributed by atoms with Gasteiger partial charge in [-0.05, 0) is 26.8 Å². The van der Waals surface area contributed by atoms with Crippen molar-refractivity contribution >= 4 is 23.4 Å². The summed E-state index contributed by atoms with van der Waals surface area (Å²) in [6, 6.07) is -2.29. The van der Waals surface area contributed by atoms with E-state index in [0.29, 0.717) is 25.6 Å². The number of nitrogens with zero attached hydrogens (tertiary/aromatic N) is 1. The molecule has 1 aliphatic rings. The van der Waals surface area contributed by atoms with Gasteiger partial charge in [-0.1, -0.05) is 0 Å². The Labute approximate surface area is 161 Å². The van der Waals surface area contributed by atoms with Crippen LogP contribution in [0.15, 0.2) is 12.1 Å². The highest BCUT2D eigenvalue weighted by Gasteiger charge is 2.42. The van der Waals surface area contributed by atoms with Crippen molar-refractivity contribution in [2.45, 2.75) is 38.5 Å². The van der Waals surface area contributed by atoms with Crippen molar-refractivity contribution in [1.82, 2.24) is 10.6 Å². The second kappa shape index (κ2) is 8.39. The number of anilines is 1. The molecule has 0 spiro atoms. The van der Waals surface area contributed by atoms with E-state index < -0.39 is 65.0 Å². The van der Waals surface area contributed by atoms with Gasteiger partial charge in [0.05, 0.1) is 11.6 Å².